The molecule has 3 aromatic carbocycles. The number of ether oxygens (including phenoxy) is 1. The molecule has 1 unspecified atom stereocenters. The lowest BCUT2D eigenvalue weighted by Gasteiger charge is -2.27. The average molecular weight is 460 g/mol. The molecule has 0 fully saturated rings. The third-order valence-corrected chi connectivity index (χ3v) is 5.90. The van der Waals surface area contributed by atoms with E-state index in [-0.39, 0.29) is 18.9 Å². The number of fused-ring (bicyclic) bond motifs is 1. The number of nitrogens with zero attached hydrogens (tertiary/aromatic N) is 2. The van der Waals surface area contributed by atoms with Crippen LogP contribution in [0.15, 0.2) is 78.9 Å². The number of hydrogen-bond donors (Lipinski definition) is 2. The van der Waals surface area contributed by atoms with Crippen LogP contribution in [0.25, 0.3) is 0 Å². The number of carbonyl (C=O) groups excluding carboxylic acids is 1. The van der Waals surface area contributed by atoms with Crippen LogP contribution in [-0.4, -0.2) is 49.8 Å². The van der Waals surface area contributed by atoms with Gasteiger partial charge in [0.25, 0.3) is 0 Å². The van der Waals surface area contributed by atoms with Crippen molar-refractivity contribution in [3.8, 4) is 5.75 Å². The largest absolute Gasteiger partial charge is 0.489 e. The SMILES string of the molecule is CN(C)c1ccc(CN2C(=O)C(N[C@@H](Cc3ccccc3)C(=O)O)COc3ccccc32)cc1. The molecule has 1 heterocycles. The van der Waals surface area contributed by atoms with Gasteiger partial charge in [-0.1, -0.05) is 54.6 Å². The topological polar surface area (TPSA) is 82.1 Å². The number of hydrogen-bond acceptors (Lipinski definition) is 5. The molecule has 7 nitrogen and oxygen atoms in total. The molecule has 4 rings (SSSR count). The van der Waals surface area contributed by atoms with Gasteiger partial charge < -0.3 is 19.6 Å². The van der Waals surface area contributed by atoms with Crippen LogP contribution < -0.4 is 19.9 Å². The van der Waals surface area contributed by atoms with Gasteiger partial charge in [0.1, 0.15) is 24.4 Å². The lowest BCUT2D eigenvalue weighted by Crippen LogP contribution is -2.54. The Morgan fingerprint density at radius 3 is 2.38 bits per heavy atom. The van der Waals surface area contributed by atoms with Gasteiger partial charge in [-0.3, -0.25) is 14.9 Å². The Morgan fingerprint density at radius 1 is 1.03 bits per heavy atom. The molecule has 34 heavy (non-hydrogen) atoms. The third kappa shape index (κ3) is 5.38. The summed E-state index contributed by atoms with van der Waals surface area (Å²) >= 11 is 0. The molecule has 0 saturated heterocycles. The van der Waals surface area contributed by atoms with Crippen molar-refractivity contribution in [2.45, 2.75) is 25.0 Å². The molecule has 1 aliphatic heterocycles. The fraction of sp³-hybridized carbons (Fsp3) is 0.259. The highest BCUT2D eigenvalue weighted by Crippen LogP contribution is 2.32. The first-order valence-corrected chi connectivity index (χ1v) is 11.2. The second-order valence-corrected chi connectivity index (χ2v) is 8.56. The quantitative estimate of drug-likeness (QED) is 0.538. The summed E-state index contributed by atoms with van der Waals surface area (Å²) in [6, 6.07) is 23.0. The number of para-hydroxylation sites is 2. The first-order chi connectivity index (χ1) is 16.4. The van der Waals surface area contributed by atoms with Crippen molar-refractivity contribution < 1.29 is 19.4 Å². The minimum absolute atomic E-state index is 0.0461. The number of carboxylic acid groups (broad SMARTS) is 1. The number of amides is 1. The van der Waals surface area contributed by atoms with Crippen molar-refractivity contribution in [3.05, 3.63) is 90.0 Å². The Labute approximate surface area is 199 Å². The first kappa shape index (κ1) is 23.3. The van der Waals surface area contributed by atoms with E-state index in [0.717, 1.165) is 16.8 Å². The summed E-state index contributed by atoms with van der Waals surface area (Å²) in [5.41, 5.74) is 3.59. The van der Waals surface area contributed by atoms with Crippen LogP contribution in [0, 0.1) is 0 Å². The number of benzene rings is 3. The molecule has 0 radical (unpaired) electrons. The molecule has 0 aliphatic carbocycles. The minimum Gasteiger partial charge on any atom is -0.489 e. The smallest absolute Gasteiger partial charge is 0.321 e. The van der Waals surface area contributed by atoms with Crippen LogP contribution >= 0.6 is 0 Å². The Kier molecular flexibility index (Phi) is 7.13. The van der Waals surface area contributed by atoms with E-state index in [4.69, 9.17) is 4.74 Å². The minimum atomic E-state index is -1.01. The van der Waals surface area contributed by atoms with Crippen LogP contribution in [0.4, 0.5) is 11.4 Å². The van der Waals surface area contributed by atoms with Crippen molar-refractivity contribution in [2.24, 2.45) is 0 Å². The summed E-state index contributed by atoms with van der Waals surface area (Å²) in [6.07, 6.45) is 0.263. The maximum Gasteiger partial charge on any atom is 0.321 e. The van der Waals surface area contributed by atoms with Gasteiger partial charge >= 0.3 is 5.97 Å². The summed E-state index contributed by atoms with van der Waals surface area (Å²) < 4.78 is 5.96. The van der Waals surface area contributed by atoms with Crippen LogP contribution in [0.5, 0.6) is 5.75 Å². The van der Waals surface area contributed by atoms with Gasteiger partial charge in [-0.2, -0.15) is 0 Å². The summed E-state index contributed by atoms with van der Waals surface area (Å²) in [4.78, 5) is 29.4. The Balaban J connectivity index is 1.59. The van der Waals surface area contributed by atoms with E-state index in [1.54, 1.807) is 4.90 Å². The second-order valence-electron chi connectivity index (χ2n) is 8.56. The molecule has 1 amide bonds. The Hall–Kier alpha value is -3.84. The number of nitrogens with one attached hydrogen (secondary N) is 1. The normalized spacial score (nSPS) is 16.2. The van der Waals surface area contributed by atoms with Crippen molar-refractivity contribution in [1.82, 2.24) is 5.32 Å². The zero-order valence-electron chi connectivity index (χ0n) is 19.3. The third-order valence-electron chi connectivity index (χ3n) is 5.90. The first-order valence-electron chi connectivity index (χ1n) is 11.2. The number of carboxylic acids is 1. The molecule has 0 bridgehead atoms. The molecular weight excluding hydrogens is 430 g/mol. The Morgan fingerprint density at radius 2 is 1.71 bits per heavy atom. The van der Waals surface area contributed by atoms with E-state index in [1.165, 1.54) is 0 Å². The molecule has 176 valence electrons. The fourth-order valence-electron chi connectivity index (χ4n) is 4.03. The predicted molar refractivity (Wildman–Crippen MR) is 132 cm³/mol. The molecule has 7 heteroatoms. The van der Waals surface area contributed by atoms with E-state index in [0.29, 0.717) is 18.0 Å². The maximum absolute atomic E-state index is 13.7. The number of anilines is 2. The average Bonchev–Trinajstić information content (AvgIpc) is 2.97. The van der Waals surface area contributed by atoms with Gasteiger partial charge in [-0.05, 0) is 41.8 Å². The van der Waals surface area contributed by atoms with E-state index in [2.05, 4.69) is 5.32 Å². The van der Waals surface area contributed by atoms with Crippen LogP contribution in [0.1, 0.15) is 11.1 Å². The van der Waals surface area contributed by atoms with Gasteiger partial charge in [0.2, 0.25) is 5.91 Å². The molecule has 2 N–H and O–H groups in total. The second kappa shape index (κ2) is 10.4. The van der Waals surface area contributed by atoms with Crippen molar-refractivity contribution in [3.63, 3.8) is 0 Å². The van der Waals surface area contributed by atoms with Gasteiger partial charge in [-0.25, -0.2) is 0 Å². The highest BCUT2D eigenvalue weighted by atomic mass is 16.5. The predicted octanol–water partition coefficient (Wildman–Crippen LogP) is 3.33. The molecule has 3 aromatic rings. The van der Waals surface area contributed by atoms with Crippen LogP contribution in [0.2, 0.25) is 0 Å². The highest BCUT2D eigenvalue weighted by Gasteiger charge is 2.34. The van der Waals surface area contributed by atoms with Gasteiger partial charge in [0, 0.05) is 19.8 Å². The van der Waals surface area contributed by atoms with Crippen molar-refractivity contribution in [2.75, 3.05) is 30.5 Å². The molecular formula is C27H29N3O4. The van der Waals surface area contributed by atoms with Crippen molar-refractivity contribution >= 4 is 23.3 Å². The fourth-order valence-corrected chi connectivity index (χ4v) is 4.03. The van der Waals surface area contributed by atoms with Crippen LogP contribution in [0.3, 0.4) is 0 Å². The van der Waals surface area contributed by atoms with Crippen molar-refractivity contribution in [1.29, 1.82) is 0 Å². The summed E-state index contributed by atoms with van der Waals surface area (Å²) in [5.74, 6) is -0.634. The summed E-state index contributed by atoms with van der Waals surface area (Å²) in [6.45, 7) is 0.395. The standard InChI is InChI=1S/C27H29N3O4/c1-29(2)21-14-12-20(13-15-21)17-30-24-10-6-7-11-25(24)34-18-23(26(30)31)28-22(27(32)33)16-19-8-4-3-5-9-19/h3-15,22-23,28H,16-18H2,1-2H3,(H,32,33)/t22-,23?/m0/s1. The van der Waals surface area contributed by atoms with Gasteiger partial charge in [-0.15, -0.1) is 0 Å². The number of carbonyl (C=O) groups is 2. The van der Waals surface area contributed by atoms with Gasteiger partial charge in [0.15, 0.2) is 0 Å². The van der Waals surface area contributed by atoms with Crippen LogP contribution in [-0.2, 0) is 22.6 Å². The monoisotopic (exact) mass is 459 g/mol. The van der Waals surface area contributed by atoms with Gasteiger partial charge in [0.05, 0.1) is 12.2 Å². The lowest BCUT2D eigenvalue weighted by molar-refractivity contribution is -0.140. The highest BCUT2D eigenvalue weighted by molar-refractivity contribution is 5.99. The molecule has 1 aliphatic rings. The van der Waals surface area contributed by atoms with E-state index < -0.39 is 18.1 Å². The summed E-state index contributed by atoms with van der Waals surface area (Å²) in [7, 11) is 3.96. The lowest BCUT2D eigenvalue weighted by atomic mass is 10.0. The number of rotatable bonds is 8. The molecule has 0 spiro atoms. The summed E-state index contributed by atoms with van der Waals surface area (Å²) in [5, 5.41) is 12.9. The maximum atomic E-state index is 13.7. The molecule has 2 atom stereocenters. The number of aliphatic carboxylic acids is 1. The zero-order chi connectivity index (χ0) is 24.1. The Bertz CT molecular complexity index is 1130. The van der Waals surface area contributed by atoms with E-state index in [1.807, 2.05) is 97.9 Å². The van der Waals surface area contributed by atoms with E-state index >= 15 is 0 Å². The zero-order valence-corrected chi connectivity index (χ0v) is 19.3. The van der Waals surface area contributed by atoms with E-state index in [9.17, 15) is 14.7 Å². The molecule has 0 aromatic heterocycles. The molecule has 0 saturated carbocycles.